The second-order valence-corrected chi connectivity index (χ2v) is 13.0. The summed E-state index contributed by atoms with van der Waals surface area (Å²) in [4.78, 5) is 29.2. The van der Waals surface area contributed by atoms with Gasteiger partial charge in [-0.05, 0) is 54.3 Å². The Kier molecular flexibility index (Phi) is 11.9. The maximum Gasteiger partial charge on any atom is 0.244 e. The van der Waals surface area contributed by atoms with Crippen LogP contribution in [0.2, 0.25) is 15.1 Å². The standard InChI is InChI=1S/C30H34Cl3N3O4S/c1-4-5-15-34-30(38)28(16-22-9-7-6-8-10-22)35(19-23-12-14-24(31)17-26(23)33)29(37)20-36(41(3,39)40)27-18-25(32)13-11-21(27)2/h6-14,17-18,28H,4-5,15-16,19-20H2,1-3H3,(H,34,38)/t28-/m1/s1. The first-order chi connectivity index (χ1) is 19.4. The van der Waals surface area contributed by atoms with Gasteiger partial charge in [-0.25, -0.2) is 8.42 Å². The maximum absolute atomic E-state index is 14.2. The molecule has 0 heterocycles. The molecule has 3 aromatic rings. The van der Waals surface area contributed by atoms with Crippen LogP contribution in [0.4, 0.5) is 5.69 Å². The fourth-order valence-electron chi connectivity index (χ4n) is 4.34. The summed E-state index contributed by atoms with van der Waals surface area (Å²) in [7, 11) is -3.91. The SMILES string of the molecule is CCCCNC(=O)[C@@H](Cc1ccccc1)N(Cc1ccc(Cl)cc1Cl)C(=O)CN(c1cc(Cl)ccc1C)S(C)(=O)=O. The summed E-state index contributed by atoms with van der Waals surface area (Å²) in [5.41, 5.74) is 2.31. The van der Waals surface area contributed by atoms with E-state index in [4.69, 9.17) is 34.8 Å². The van der Waals surface area contributed by atoms with Crippen molar-refractivity contribution >= 4 is 62.3 Å². The van der Waals surface area contributed by atoms with Crippen molar-refractivity contribution < 1.29 is 18.0 Å². The first-order valence-electron chi connectivity index (χ1n) is 13.2. The number of amides is 2. The van der Waals surface area contributed by atoms with Crippen molar-refractivity contribution in [2.24, 2.45) is 0 Å². The van der Waals surface area contributed by atoms with Gasteiger partial charge in [0.1, 0.15) is 12.6 Å². The van der Waals surface area contributed by atoms with Gasteiger partial charge in [0.25, 0.3) is 0 Å². The van der Waals surface area contributed by atoms with Crippen LogP contribution in [0, 0.1) is 6.92 Å². The van der Waals surface area contributed by atoms with Crippen LogP contribution in [0.25, 0.3) is 0 Å². The van der Waals surface area contributed by atoms with E-state index in [-0.39, 0.29) is 24.6 Å². The fraction of sp³-hybridized carbons (Fsp3) is 0.333. The minimum absolute atomic E-state index is 0.0420. The minimum atomic E-state index is -3.91. The average molecular weight is 639 g/mol. The molecule has 0 aliphatic rings. The number of unbranched alkanes of at least 4 members (excludes halogenated alkanes) is 1. The quantitative estimate of drug-likeness (QED) is 0.223. The molecule has 0 radical (unpaired) electrons. The highest BCUT2D eigenvalue weighted by molar-refractivity contribution is 7.92. The smallest absolute Gasteiger partial charge is 0.244 e. The number of carbonyl (C=O) groups excluding carboxylic acids is 2. The van der Waals surface area contributed by atoms with Crippen molar-refractivity contribution in [1.29, 1.82) is 0 Å². The van der Waals surface area contributed by atoms with Crippen molar-refractivity contribution in [2.75, 3.05) is 23.7 Å². The Bertz CT molecular complexity index is 1470. The third-order valence-corrected chi connectivity index (χ3v) is 8.52. The largest absolute Gasteiger partial charge is 0.354 e. The number of carbonyl (C=O) groups is 2. The van der Waals surface area contributed by atoms with E-state index in [1.54, 1.807) is 37.3 Å². The Hall–Kier alpha value is -2.78. The molecule has 41 heavy (non-hydrogen) atoms. The molecule has 0 bridgehead atoms. The summed E-state index contributed by atoms with van der Waals surface area (Å²) >= 11 is 18.8. The monoisotopic (exact) mass is 637 g/mol. The summed E-state index contributed by atoms with van der Waals surface area (Å²) in [6.45, 7) is 3.61. The first-order valence-corrected chi connectivity index (χ1v) is 16.2. The normalized spacial score (nSPS) is 12.0. The zero-order valence-electron chi connectivity index (χ0n) is 23.2. The van der Waals surface area contributed by atoms with Gasteiger partial charge in [0, 0.05) is 34.6 Å². The first kappa shape index (κ1) is 32.7. The molecule has 0 aliphatic heterocycles. The van der Waals surface area contributed by atoms with Crippen LogP contribution in [0.3, 0.4) is 0 Å². The van der Waals surface area contributed by atoms with E-state index in [0.29, 0.717) is 32.7 Å². The van der Waals surface area contributed by atoms with Crippen LogP contribution in [0.5, 0.6) is 0 Å². The number of nitrogens with zero attached hydrogens (tertiary/aromatic N) is 2. The van der Waals surface area contributed by atoms with Crippen LogP contribution in [0.15, 0.2) is 66.7 Å². The predicted molar refractivity (Wildman–Crippen MR) is 167 cm³/mol. The van der Waals surface area contributed by atoms with Crippen molar-refractivity contribution in [1.82, 2.24) is 10.2 Å². The third-order valence-electron chi connectivity index (χ3n) is 6.58. The van der Waals surface area contributed by atoms with E-state index in [1.165, 1.54) is 11.0 Å². The molecule has 0 fully saturated rings. The molecule has 0 unspecified atom stereocenters. The number of benzene rings is 3. The van der Waals surface area contributed by atoms with Gasteiger partial charge in [0.05, 0.1) is 11.9 Å². The van der Waals surface area contributed by atoms with E-state index in [2.05, 4.69) is 5.32 Å². The Labute approximate surface area is 257 Å². The van der Waals surface area contributed by atoms with Gasteiger partial charge in [-0.15, -0.1) is 0 Å². The number of halogens is 3. The molecule has 3 rings (SSSR count). The molecule has 0 saturated carbocycles. The molecule has 2 amide bonds. The molecule has 1 N–H and O–H groups in total. The van der Waals surface area contributed by atoms with Crippen LogP contribution < -0.4 is 9.62 Å². The molecule has 11 heteroatoms. The number of aryl methyl sites for hydroxylation is 1. The molecule has 220 valence electrons. The Morgan fingerprint density at radius 2 is 1.61 bits per heavy atom. The van der Waals surface area contributed by atoms with Gasteiger partial charge in [0.2, 0.25) is 21.8 Å². The zero-order valence-corrected chi connectivity index (χ0v) is 26.3. The van der Waals surface area contributed by atoms with Crippen LogP contribution in [0.1, 0.15) is 36.5 Å². The summed E-state index contributed by atoms with van der Waals surface area (Å²) in [6, 6.07) is 18.1. The molecule has 1 atom stereocenters. The number of anilines is 1. The van der Waals surface area contributed by atoms with Crippen molar-refractivity contribution in [2.45, 2.75) is 45.7 Å². The third kappa shape index (κ3) is 9.36. The van der Waals surface area contributed by atoms with E-state index in [9.17, 15) is 18.0 Å². The van der Waals surface area contributed by atoms with E-state index in [1.807, 2.05) is 37.3 Å². The Balaban J connectivity index is 2.09. The minimum Gasteiger partial charge on any atom is -0.354 e. The Morgan fingerprint density at radius 3 is 2.24 bits per heavy atom. The van der Waals surface area contributed by atoms with Crippen molar-refractivity contribution in [3.8, 4) is 0 Å². The number of hydrogen-bond acceptors (Lipinski definition) is 4. The molecular formula is C30H34Cl3N3O4S. The topological polar surface area (TPSA) is 86.8 Å². The van der Waals surface area contributed by atoms with Crippen molar-refractivity contribution in [3.05, 3.63) is 98.5 Å². The highest BCUT2D eigenvalue weighted by Crippen LogP contribution is 2.28. The van der Waals surface area contributed by atoms with Gasteiger partial charge in [-0.2, -0.15) is 0 Å². The number of rotatable bonds is 13. The fourth-order valence-corrected chi connectivity index (χ4v) is 5.87. The predicted octanol–water partition coefficient (Wildman–Crippen LogP) is 6.28. The summed E-state index contributed by atoms with van der Waals surface area (Å²) < 4.78 is 27.0. The number of sulfonamides is 1. The molecule has 0 aromatic heterocycles. The summed E-state index contributed by atoms with van der Waals surface area (Å²) in [6.07, 6.45) is 2.90. The van der Waals surface area contributed by atoms with Crippen LogP contribution in [-0.4, -0.2) is 50.5 Å². The highest BCUT2D eigenvalue weighted by Gasteiger charge is 2.33. The zero-order chi connectivity index (χ0) is 30.2. The molecule has 7 nitrogen and oxygen atoms in total. The lowest BCUT2D eigenvalue weighted by Gasteiger charge is -2.34. The van der Waals surface area contributed by atoms with Gasteiger partial charge in [0.15, 0.2) is 0 Å². The van der Waals surface area contributed by atoms with E-state index < -0.39 is 28.5 Å². The highest BCUT2D eigenvalue weighted by atomic mass is 35.5. The Morgan fingerprint density at radius 1 is 0.951 bits per heavy atom. The molecule has 0 saturated heterocycles. The van der Waals surface area contributed by atoms with E-state index >= 15 is 0 Å². The van der Waals surface area contributed by atoms with Crippen molar-refractivity contribution in [3.63, 3.8) is 0 Å². The number of hydrogen-bond donors (Lipinski definition) is 1. The molecule has 0 aliphatic carbocycles. The number of nitrogens with one attached hydrogen (secondary N) is 1. The average Bonchev–Trinajstić information content (AvgIpc) is 2.91. The lowest BCUT2D eigenvalue weighted by atomic mass is 10.0. The van der Waals surface area contributed by atoms with Gasteiger partial charge in [-0.1, -0.05) is 90.6 Å². The van der Waals surface area contributed by atoms with E-state index in [0.717, 1.165) is 29.0 Å². The summed E-state index contributed by atoms with van der Waals surface area (Å²) in [5.74, 6) is -0.919. The van der Waals surface area contributed by atoms with Crippen LogP contribution in [-0.2, 0) is 32.6 Å². The molecular weight excluding hydrogens is 605 g/mol. The summed E-state index contributed by atoms with van der Waals surface area (Å²) in [5, 5.41) is 4.02. The van der Waals surface area contributed by atoms with Crippen LogP contribution >= 0.6 is 34.8 Å². The lowest BCUT2D eigenvalue weighted by Crippen LogP contribution is -2.53. The van der Waals surface area contributed by atoms with Gasteiger partial charge >= 0.3 is 0 Å². The lowest BCUT2D eigenvalue weighted by molar-refractivity contribution is -0.140. The maximum atomic E-state index is 14.2. The molecule has 0 spiro atoms. The molecule has 3 aromatic carbocycles. The van der Waals surface area contributed by atoms with Gasteiger partial charge < -0.3 is 10.2 Å². The second kappa shape index (κ2) is 14.9. The second-order valence-electron chi connectivity index (χ2n) is 9.81. The van der Waals surface area contributed by atoms with Gasteiger partial charge in [-0.3, -0.25) is 13.9 Å².